The molecule has 156 valence electrons. The zero-order chi connectivity index (χ0) is 21.4. The van der Waals surface area contributed by atoms with E-state index in [9.17, 15) is 18.8 Å². The van der Waals surface area contributed by atoms with Crippen LogP contribution in [0.5, 0.6) is 0 Å². The summed E-state index contributed by atoms with van der Waals surface area (Å²) in [7, 11) is 0. The van der Waals surface area contributed by atoms with Crippen molar-refractivity contribution in [3.63, 3.8) is 0 Å². The smallest absolute Gasteiger partial charge is 0.240 e. The van der Waals surface area contributed by atoms with Gasteiger partial charge >= 0.3 is 0 Å². The first-order valence-corrected chi connectivity index (χ1v) is 10.1. The summed E-state index contributed by atoms with van der Waals surface area (Å²) in [5.74, 6) is -1.68. The van der Waals surface area contributed by atoms with Gasteiger partial charge in [-0.2, -0.15) is 0 Å². The molecule has 0 saturated heterocycles. The Hall–Kier alpha value is -2.81. The minimum Gasteiger partial charge on any atom is -0.350 e. The van der Waals surface area contributed by atoms with Crippen molar-refractivity contribution in [2.45, 2.75) is 45.6 Å². The van der Waals surface area contributed by atoms with E-state index in [4.69, 9.17) is 0 Å². The van der Waals surface area contributed by atoms with Crippen LogP contribution >= 0.6 is 11.3 Å². The fourth-order valence-electron chi connectivity index (χ4n) is 2.44. The maximum Gasteiger partial charge on any atom is 0.240 e. The van der Waals surface area contributed by atoms with Crippen LogP contribution in [0.25, 0.3) is 0 Å². The molecule has 0 saturated carbocycles. The van der Waals surface area contributed by atoms with E-state index < -0.39 is 17.3 Å². The van der Waals surface area contributed by atoms with Gasteiger partial charge in [-0.1, -0.05) is 13.0 Å². The highest BCUT2D eigenvalue weighted by molar-refractivity contribution is 7.13. The zero-order valence-electron chi connectivity index (χ0n) is 16.7. The molecule has 1 heterocycles. The molecule has 29 heavy (non-hydrogen) atoms. The number of rotatable bonds is 9. The van der Waals surface area contributed by atoms with Crippen molar-refractivity contribution in [1.29, 1.82) is 0 Å². The highest BCUT2D eigenvalue weighted by Gasteiger charge is 2.24. The van der Waals surface area contributed by atoms with E-state index in [0.29, 0.717) is 11.6 Å². The van der Waals surface area contributed by atoms with Crippen LogP contribution in [0.15, 0.2) is 35.8 Å². The molecular weight excluding hydrogens is 395 g/mol. The van der Waals surface area contributed by atoms with Gasteiger partial charge in [-0.25, -0.2) is 9.37 Å². The molecule has 9 heteroatoms. The Morgan fingerprint density at radius 3 is 2.59 bits per heavy atom. The van der Waals surface area contributed by atoms with Crippen molar-refractivity contribution in [3.05, 3.63) is 41.7 Å². The average Bonchev–Trinajstić information content (AvgIpc) is 3.16. The second-order valence-electron chi connectivity index (χ2n) is 7.13. The summed E-state index contributed by atoms with van der Waals surface area (Å²) in [6.07, 6.45) is 2.07. The largest absolute Gasteiger partial charge is 0.350 e. The van der Waals surface area contributed by atoms with Gasteiger partial charge in [0.2, 0.25) is 17.7 Å². The molecule has 0 spiro atoms. The highest BCUT2D eigenvalue weighted by atomic mass is 32.1. The number of anilines is 2. The second-order valence-corrected chi connectivity index (χ2v) is 8.03. The summed E-state index contributed by atoms with van der Waals surface area (Å²) in [6, 6.07) is 5.46. The Bertz CT molecular complexity index is 855. The predicted molar refractivity (Wildman–Crippen MR) is 111 cm³/mol. The molecule has 1 aromatic heterocycles. The van der Waals surface area contributed by atoms with Gasteiger partial charge in [0, 0.05) is 35.6 Å². The van der Waals surface area contributed by atoms with E-state index >= 15 is 0 Å². The lowest BCUT2D eigenvalue weighted by atomic mass is 10.0. The van der Waals surface area contributed by atoms with Crippen molar-refractivity contribution in [2.24, 2.45) is 0 Å². The van der Waals surface area contributed by atoms with Crippen LogP contribution in [0, 0.1) is 5.82 Å². The normalized spacial score (nSPS) is 11.0. The second kappa shape index (κ2) is 10.1. The fourth-order valence-corrected chi connectivity index (χ4v) is 2.98. The predicted octanol–water partition coefficient (Wildman–Crippen LogP) is 3.34. The van der Waals surface area contributed by atoms with Crippen LogP contribution < -0.4 is 15.5 Å². The molecule has 3 amide bonds. The number of halogens is 1. The van der Waals surface area contributed by atoms with Gasteiger partial charge in [-0.15, -0.1) is 11.3 Å². The van der Waals surface area contributed by atoms with Crippen molar-refractivity contribution < 1.29 is 18.8 Å². The molecule has 0 radical (unpaired) electrons. The van der Waals surface area contributed by atoms with Crippen LogP contribution in [0.3, 0.4) is 0 Å². The Morgan fingerprint density at radius 1 is 1.21 bits per heavy atom. The third-order valence-electron chi connectivity index (χ3n) is 4.33. The third-order valence-corrected chi connectivity index (χ3v) is 5.02. The van der Waals surface area contributed by atoms with Gasteiger partial charge < -0.3 is 15.5 Å². The summed E-state index contributed by atoms with van der Waals surface area (Å²) in [5, 5.41) is 7.64. The molecule has 0 atom stereocenters. The Morgan fingerprint density at radius 2 is 1.97 bits per heavy atom. The number of hydrogen-bond donors (Lipinski definition) is 2. The van der Waals surface area contributed by atoms with Gasteiger partial charge in [0.1, 0.15) is 12.4 Å². The molecule has 2 aromatic rings. The first-order valence-electron chi connectivity index (χ1n) is 9.26. The van der Waals surface area contributed by atoms with Gasteiger partial charge in [0.05, 0.1) is 0 Å². The summed E-state index contributed by atoms with van der Waals surface area (Å²) in [5.41, 5.74) is -0.166. The van der Waals surface area contributed by atoms with E-state index in [1.807, 2.05) is 20.8 Å². The van der Waals surface area contributed by atoms with Crippen LogP contribution in [0.4, 0.5) is 15.2 Å². The molecule has 0 unspecified atom stereocenters. The number of carbonyl (C=O) groups is 3. The summed E-state index contributed by atoms with van der Waals surface area (Å²) >= 11 is 1.27. The van der Waals surface area contributed by atoms with E-state index in [1.54, 1.807) is 17.6 Å². The Kier molecular flexibility index (Phi) is 7.83. The van der Waals surface area contributed by atoms with Crippen molar-refractivity contribution in [2.75, 3.05) is 16.8 Å². The first-order chi connectivity index (χ1) is 13.7. The minimum absolute atomic E-state index is 0.0771. The average molecular weight is 421 g/mol. The number of hydrogen-bond acceptors (Lipinski definition) is 5. The van der Waals surface area contributed by atoms with Crippen molar-refractivity contribution >= 4 is 39.9 Å². The number of aromatic nitrogens is 1. The topological polar surface area (TPSA) is 91.4 Å². The molecule has 0 fully saturated rings. The van der Waals surface area contributed by atoms with Gasteiger partial charge in [0.25, 0.3) is 0 Å². The van der Waals surface area contributed by atoms with Gasteiger partial charge in [-0.3, -0.25) is 14.4 Å². The lowest BCUT2D eigenvalue weighted by Gasteiger charge is -2.28. The number of thiazole rings is 1. The highest BCUT2D eigenvalue weighted by Crippen LogP contribution is 2.18. The minimum atomic E-state index is -0.517. The zero-order valence-corrected chi connectivity index (χ0v) is 17.5. The quantitative estimate of drug-likeness (QED) is 0.651. The van der Waals surface area contributed by atoms with E-state index in [2.05, 4.69) is 15.6 Å². The summed E-state index contributed by atoms with van der Waals surface area (Å²) in [4.78, 5) is 42.4. The van der Waals surface area contributed by atoms with Crippen molar-refractivity contribution in [3.8, 4) is 0 Å². The monoisotopic (exact) mass is 420 g/mol. The van der Waals surface area contributed by atoms with E-state index in [1.165, 1.54) is 34.4 Å². The summed E-state index contributed by atoms with van der Waals surface area (Å²) in [6.45, 7) is 5.43. The molecule has 0 aliphatic heterocycles. The molecule has 7 nitrogen and oxygen atoms in total. The molecular formula is C20H25FN4O3S. The first kappa shape index (κ1) is 22.5. The lowest BCUT2D eigenvalue weighted by Crippen LogP contribution is -2.48. The number of amides is 3. The number of nitrogens with zero attached hydrogens (tertiary/aromatic N) is 2. The van der Waals surface area contributed by atoms with Gasteiger partial charge in [0.15, 0.2) is 5.13 Å². The third kappa shape index (κ3) is 7.26. The number of carbonyl (C=O) groups excluding carboxylic acids is 3. The van der Waals surface area contributed by atoms with E-state index in [0.717, 1.165) is 0 Å². The fraction of sp³-hybridized carbons (Fsp3) is 0.400. The standard InChI is InChI=1S/C20H25FN4O3S/c1-4-20(2,3)24-17(27)13-25(15-7-5-6-14(21)12-15)18(28)9-8-16(26)23-19-22-10-11-29-19/h5-7,10-12H,4,8-9,13H2,1-3H3,(H,24,27)(H,22,23,26). The maximum absolute atomic E-state index is 13.7. The molecule has 0 bridgehead atoms. The molecule has 2 N–H and O–H groups in total. The molecule has 2 rings (SSSR count). The van der Waals surface area contributed by atoms with Crippen LogP contribution in [-0.4, -0.2) is 34.8 Å². The van der Waals surface area contributed by atoms with E-state index in [-0.39, 0.29) is 36.9 Å². The molecule has 0 aliphatic rings. The number of nitrogens with one attached hydrogen (secondary N) is 2. The SMILES string of the molecule is CCC(C)(C)NC(=O)CN(C(=O)CCC(=O)Nc1nccs1)c1cccc(F)c1. The van der Waals surface area contributed by atoms with Crippen LogP contribution in [-0.2, 0) is 14.4 Å². The van der Waals surface area contributed by atoms with Crippen LogP contribution in [0.1, 0.15) is 40.0 Å². The lowest BCUT2D eigenvalue weighted by molar-refractivity contribution is -0.125. The van der Waals surface area contributed by atoms with Gasteiger partial charge in [-0.05, 0) is 38.5 Å². The maximum atomic E-state index is 13.7. The number of benzene rings is 1. The molecule has 1 aromatic carbocycles. The van der Waals surface area contributed by atoms with Crippen LogP contribution in [0.2, 0.25) is 0 Å². The van der Waals surface area contributed by atoms with Crippen molar-refractivity contribution in [1.82, 2.24) is 10.3 Å². The summed E-state index contributed by atoms with van der Waals surface area (Å²) < 4.78 is 13.7. The Balaban J connectivity index is 2.06. The molecule has 0 aliphatic carbocycles. The Labute approximate surface area is 173 Å².